The Balaban J connectivity index is 1.57. The van der Waals surface area contributed by atoms with E-state index in [4.69, 9.17) is 16.3 Å². The molecule has 0 radical (unpaired) electrons. The zero-order valence-corrected chi connectivity index (χ0v) is 13.1. The maximum absolute atomic E-state index is 6.00. The zero-order chi connectivity index (χ0) is 14.5. The number of piperidine rings is 1. The molecule has 2 fully saturated rings. The van der Waals surface area contributed by atoms with Gasteiger partial charge in [-0.2, -0.15) is 15.0 Å². The van der Waals surface area contributed by atoms with Crippen LogP contribution < -0.4 is 9.64 Å². The van der Waals surface area contributed by atoms with Crippen molar-refractivity contribution in [1.82, 2.24) is 19.9 Å². The van der Waals surface area contributed by atoms with E-state index in [1.807, 2.05) is 0 Å². The topological polar surface area (TPSA) is 54.4 Å². The van der Waals surface area contributed by atoms with E-state index in [1.165, 1.54) is 45.2 Å². The van der Waals surface area contributed by atoms with Crippen LogP contribution in [-0.2, 0) is 0 Å². The molecule has 0 amide bonds. The fourth-order valence-corrected chi connectivity index (χ4v) is 3.04. The Labute approximate surface area is 130 Å². The first-order valence-electron chi connectivity index (χ1n) is 7.83. The first-order valence-corrected chi connectivity index (χ1v) is 8.21. The van der Waals surface area contributed by atoms with Crippen molar-refractivity contribution in [3.05, 3.63) is 5.28 Å². The zero-order valence-electron chi connectivity index (χ0n) is 12.3. The summed E-state index contributed by atoms with van der Waals surface area (Å²) in [5.41, 5.74) is 0. The normalized spacial score (nSPS) is 20.0. The third-order valence-corrected chi connectivity index (χ3v) is 4.22. The van der Waals surface area contributed by atoms with Gasteiger partial charge in [0.05, 0.1) is 0 Å². The van der Waals surface area contributed by atoms with Gasteiger partial charge in [-0.05, 0) is 56.8 Å². The van der Waals surface area contributed by atoms with Crippen LogP contribution in [0, 0.1) is 0 Å². The Kier molecular flexibility index (Phi) is 5.08. The molecule has 6 nitrogen and oxygen atoms in total. The highest BCUT2D eigenvalue weighted by molar-refractivity contribution is 6.28. The van der Waals surface area contributed by atoms with Crippen LogP contribution in [0.1, 0.15) is 32.1 Å². The molecule has 0 bridgehead atoms. The molecule has 2 saturated heterocycles. The van der Waals surface area contributed by atoms with Gasteiger partial charge in [-0.1, -0.05) is 0 Å². The Hall–Kier alpha value is -1.14. The molecular formula is C14H22ClN5O. The van der Waals surface area contributed by atoms with E-state index in [-0.39, 0.29) is 5.28 Å². The van der Waals surface area contributed by atoms with Crippen LogP contribution in [0.4, 0.5) is 5.95 Å². The smallest absolute Gasteiger partial charge is 0.322 e. The van der Waals surface area contributed by atoms with Crippen LogP contribution in [0.15, 0.2) is 0 Å². The number of aromatic nitrogens is 3. The molecule has 0 atom stereocenters. The lowest BCUT2D eigenvalue weighted by Gasteiger charge is -2.26. The van der Waals surface area contributed by atoms with Crippen LogP contribution in [0.5, 0.6) is 6.01 Å². The molecule has 3 rings (SSSR count). The molecule has 0 aromatic carbocycles. The van der Waals surface area contributed by atoms with Gasteiger partial charge in [-0.25, -0.2) is 0 Å². The number of hydrogen-bond donors (Lipinski definition) is 0. The minimum atomic E-state index is 0.210. The van der Waals surface area contributed by atoms with E-state index in [9.17, 15) is 0 Å². The molecule has 0 unspecified atom stereocenters. The number of rotatable bonds is 5. The van der Waals surface area contributed by atoms with E-state index in [0.29, 0.717) is 18.6 Å². The Morgan fingerprint density at radius 3 is 2.38 bits per heavy atom. The SMILES string of the molecule is Clc1nc(OCCN2CCCC2)nc(N2CCCCC2)n1. The molecular weight excluding hydrogens is 290 g/mol. The summed E-state index contributed by atoms with van der Waals surface area (Å²) < 4.78 is 5.67. The van der Waals surface area contributed by atoms with Crippen LogP contribution >= 0.6 is 11.6 Å². The Bertz CT molecular complexity index is 461. The van der Waals surface area contributed by atoms with Crippen molar-refractivity contribution in [1.29, 1.82) is 0 Å². The minimum Gasteiger partial charge on any atom is -0.462 e. The minimum absolute atomic E-state index is 0.210. The largest absolute Gasteiger partial charge is 0.462 e. The summed E-state index contributed by atoms with van der Waals surface area (Å²) in [6.45, 7) is 5.81. The highest BCUT2D eigenvalue weighted by atomic mass is 35.5. The van der Waals surface area contributed by atoms with E-state index in [2.05, 4.69) is 24.8 Å². The number of anilines is 1. The highest BCUT2D eigenvalue weighted by Gasteiger charge is 2.17. The van der Waals surface area contributed by atoms with Crippen molar-refractivity contribution in [3.8, 4) is 6.01 Å². The molecule has 2 aliphatic heterocycles. The Morgan fingerprint density at radius 2 is 1.62 bits per heavy atom. The molecule has 7 heteroatoms. The van der Waals surface area contributed by atoms with Gasteiger partial charge in [0.1, 0.15) is 6.61 Å². The predicted octanol–water partition coefficient (Wildman–Crippen LogP) is 1.99. The monoisotopic (exact) mass is 311 g/mol. The molecule has 21 heavy (non-hydrogen) atoms. The second kappa shape index (κ2) is 7.22. The number of halogens is 1. The summed E-state index contributed by atoms with van der Waals surface area (Å²) in [5, 5.41) is 0.210. The molecule has 0 aliphatic carbocycles. The van der Waals surface area contributed by atoms with Crippen LogP contribution in [-0.4, -0.2) is 59.2 Å². The van der Waals surface area contributed by atoms with Crippen LogP contribution in [0.3, 0.4) is 0 Å². The van der Waals surface area contributed by atoms with Gasteiger partial charge in [-0.3, -0.25) is 4.90 Å². The molecule has 3 heterocycles. The third kappa shape index (κ3) is 4.17. The van der Waals surface area contributed by atoms with Crippen molar-refractivity contribution >= 4 is 17.5 Å². The predicted molar refractivity (Wildman–Crippen MR) is 82.1 cm³/mol. The number of hydrogen-bond acceptors (Lipinski definition) is 6. The lowest BCUT2D eigenvalue weighted by molar-refractivity contribution is 0.225. The van der Waals surface area contributed by atoms with E-state index >= 15 is 0 Å². The summed E-state index contributed by atoms with van der Waals surface area (Å²) in [4.78, 5) is 17.2. The second-order valence-corrected chi connectivity index (χ2v) is 5.97. The highest BCUT2D eigenvalue weighted by Crippen LogP contribution is 2.19. The standard InChI is InChI=1S/C14H22ClN5O/c15-12-16-13(20-8-2-1-3-9-20)18-14(17-12)21-11-10-19-6-4-5-7-19/h1-11H2. The van der Waals surface area contributed by atoms with Gasteiger partial charge >= 0.3 is 6.01 Å². The molecule has 1 aromatic heterocycles. The summed E-state index contributed by atoms with van der Waals surface area (Å²) in [5.74, 6) is 0.644. The van der Waals surface area contributed by atoms with E-state index < -0.39 is 0 Å². The van der Waals surface area contributed by atoms with Gasteiger partial charge < -0.3 is 9.64 Å². The van der Waals surface area contributed by atoms with Gasteiger partial charge in [-0.15, -0.1) is 0 Å². The summed E-state index contributed by atoms with van der Waals surface area (Å²) >= 11 is 6.00. The van der Waals surface area contributed by atoms with Crippen molar-refractivity contribution < 1.29 is 4.74 Å². The average Bonchev–Trinajstić information content (AvgIpc) is 3.01. The summed E-state index contributed by atoms with van der Waals surface area (Å²) in [7, 11) is 0. The van der Waals surface area contributed by atoms with Gasteiger partial charge in [0.2, 0.25) is 11.2 Å². The van der Waals surface area contributed by atoms with Crippen LogP contribution in [0.2, 0.25) is 5.28 Å². The summed E-state index contributed by atoms with van der Waals surface area (Å²) in [6, 6.07) is 0.342. The quantitative estimate of drug-likeness (QED) is 0.829. The lowest BCUT2D eigenvalue weighted by Crippen LogP contribution is -2.31. The van der Waals surface area contributed by atoms with Crippen molar-refractivity contribution in [3.63, 3.8) is 0 Å². The van der Waals surface area contributed by atoms with Gasteiger partial charge in [0.15, 0.2) is 0 Å². The molecule has 116 valence electrons. The maximum Gasteiger partial charge on any atom is 0.322 e. The van der Waals surface area contributed by atoms with E-state index in [0.717, 1.165) is 19.6 Å². The van der Waals surface area contributed by atoms with Gasteiger partial charge in [0, 0.05) is 19.6 Å². The molecule has 0 N–H and O–H groups in total. The van der Waals surface area contributed by atoms with Crippen molar-refractivity contribution in [2.75, 3.05) is 44.2 Å². The molecule has 1 aromatic rings. The number of ether oxygens (including phenoxy) is 1. The van der Waals surface area contributed by atoms with Crippen molar-refractivity contribution in [2.45, 2.75) is 32.1 Å². The average molecular weight is 312 g/mol. The van der Waals surface area contributed by atoms with Crippen LogP contribution in [0.25, 0.3) is 0 Å². The maximum atomic E-state index is 6.00. The first-order chi connectivity index (χ1) is 10.3. The summed E-state index contributed by atoms with van der Waals surface area (Å²) in [6.07, 6.45) is 6.20. The first kappa shape index (κ1) is 14.8. The molecule has 0 saturated carbocycles. The third-order valence-electron chi connectivity index (χ3n) is 4.05. The fourth-order valence-electron chi connectivity index (χ4n) is 2.89. The van der Waals surface area contributed by atoms with Crippen molar-refractivity contribution in [2.24, 2.45) is 0 Å². The van der Waals surface area contributed by atoms with E-state index in [1.54, 1.807) is 0 Å². The van der Waals surface area contributed by atoms with Gasteiger partial charge in [0.25, 0.3) is 0 Å². The lowest BCUT2D eigenvalue weighted by atomic mass is 10.1. The Morgan fingerprint density at radius 1 is 0.905 bits per heavy atom. The molecule has 0 spiro atoms. The molecule has 2 aliphatic rings. The second-order valence-electron chi connectivity index (χ2n) is 5.63. The number of nitrogens with zero attached hydrogens (tertiary/aromatic N) is 5. The fraction of sp³-hybridized carbons (Fsp3) is 0.786. The number of likely N-dealkylation sites (tertiary alicyclic amines) is 1.